The van der Waals surface area contributed by atoms with Crippen LogP contribution >= 0.6 is 0 Å². The number of aliphatic carboxylic acids is 1. The Morgan fingerprint density at radius 1 is 1.88 bits per heavy atom. The zero-order valence-electron chi connectivity index (χ0n) is 4.64. The van der Waals surface area contributed by atoms with Crippen LogP contribution < -0.4 is 5.32 Å². The number of hydrogen-bond donors (Lipinski definition) is 2. The number of rotatable bonds is 2. The van der Waals surface area contributed by atoms with Gasteiger partial charge in [0.25, 0.3) is 5.97 Å². The van der Waals surface area contributed by atoms with Crippen LogP contribution in [-0.2, 0) is 4.79 Å². The Kier molecular flexibility index (Phi) is 7.93. The zero-order valence-corrected chi connectivity index (χ0v) is 8.80. The Bertz CT molecular complexity index is 76.4. The van der Waals surface area contributed by atoms with Crippen LogP contribution in [0.3, 0.4) is 0 Å². The first-order valence-corrected chi connectivity index (χ1v) is 1.91. The first-order chi connectivity index (χ1) is 3.18. The van der Waals surface area contributed by atoms with Gasteiger partial charge in [-0.3, -0.25) is 4.79 Å². The van der Waals surface area contributed by atoms with E-state index in [-0.39, 0.29) is 31.1 Å². The Labute approximate surface area is 72.2 Å². The molecule has 0 aliphatic carbocycles. The topological polar surface area (TPSA) is 49.3 Å². The van der Waals surface area contributed by atoms with Gasteiger partial charge in [0.1, 0.15) is 0 Å². The summed E-state index contributed by atoms with van der Waals surface area (Å²) in [6, 6.07) is -0.681. The van der Waals surface area contributed by atoms with E-state index in [4.69, 9.17) is 5.11 Å². The second kappa shape index (κ2) is 5.62. The van der Waals surface area contributed by atoms with Gasteiger partial charge in [-0.25, -0.2) is 0 Å². The molecule has 1 unspecified atom stereocenters. The average molecular weight is 340 g/mol. The summed E-state index contributed by atoms with van der Waals surface area (Å²) in [7, 11) is 1.55. The maximum atomic E-state index is 9.81. The summed E-state index contributed by atoms with van der Waals surface area (Å²) in [5.74, 6) is -0.928. The molecule has 0 spiro atoms. The summed E-state index contributed by atoms with van der Waals surface area (Å²) in [6.07, 6.45) is 0. The molecule has 0 aliphatic heterocycles. The van der Waals surface area contributed by atoms with E-state index < -0.39 is 12.0 Å². The standard InChI is InChI=1S/C4H8NO2.U/c1-3(5-2)4(6)7;/h3,5H,1H2,2H3,(H,6,7);/q-1;. The fourth-order valence-electron chi connectivity index (χ4n) is 0.123. The van der Waals surface area contributed by atoms with Crippen LogP contribution in [0.4, 0.5) is 0 Å². The molecule has 0 aromatic rings. The molecule has 0 fully saturated rings. The van der Waals surface area contributed by atoms with Crippen molar-refractivity contribution in [1.29, 1.82) is 0 Å². The van der Waals surface area contributed by atoms with E-state index in [9.17, 15) is 4.79 Å². The van der Waals surface area contributed by atoms with Gasteiger partial charge in [-0.15, -0.1) is 0 Å². The molecule has 0 aromatic carbocycles. The second-order valence-corrected chi connectivity index (χ2v) is 1.18. The molecule has 0 radical (unpaired) electrons. The van der Waals surface area contributed by atoms with Crippen molar-refractivity contribution in [3.63, 3.8) is 0 Å². The van der Waals surface area contributed by atoms with Crippen LogP contribution in [-0.4, -0.2) is 24.2 Å². The fourth-order valence-corrected chi connectivity index (χ4v) is 0.123. The zero-order chi connectivity index (χ0) is 5.86. The van der Waals surface area contributed by atoms with E-state index in [2.05, 4.69) is 12.2 Å². The Balaban J connectivity index is 0. The Morgan fingerprint density at radius 2 is 2.25 bits per heavy atom. The molecule has 0 bridgehead atoms. The molecule has 0 saturated carbocycles. The first kappa shape index (κ1) is 11.3. The molecular weight excluding hydrogens is 332 g/mol. The maximum absolute atomic E-state index is 9.81. The van der Waals surface area contributed by atoms with Gasteiger partial charge in [0.15, 0.2) is 0 Å². The molecule has 0 heterocycles. The molecule has 8 heavy (non-hydrogen) atoms. The molecule has 4 heteroatoms. The van der Waals surface area contributed by atoms with E-state index in [1.165, 1.54) is 0 Å². The summed E-state index contributed by atoms with van der Waals surface area (Å²) < 4.78 is 0. The number of carboxylic acids is 1. The third kappa shape index (κ3) is 4.64. The van der Waals surface area contributed by atoms with Gasteiger partial charge in [0.05, 0.1) is 0 Å². The molecular formula is C4H8NO2U-. The minimum Gasteiger partial charge on any atom is -0.482 e. The number of hydrogen-bond acceptors (Lipinski definition) is 2. The van der Waals surface area contributed by atoms with Crippen LogP contribution in [0.25, 0.3) is 0 Å². The van der Waals surface area contributed by atoms with Crippen molar-refractivity contribution in [3.05, 3.63) is 6.92 Å². The third-order valence-corrected chi connectivity index (χ3v) is 0.647. The Hall–Kier alpha value is 0.482. The van der Waals surface area contributed by atoms with E-state index in [1.54, 1.807) is 7.05 Å². The average Bonchev–Trinajstić information content (AvgIpc) is 1.65. The first-order valence-electron chi connectivity index (χ1n) is 1.91. The summed E-state index contributed by atoms with van der Waals surface area (Å²) >= 11 is 0. The van der Waals surface area contributed by atoms with E-state index in [1.807, 2.05) is 0 Å². The van der Waals surface area contributed by atoms with E-state index in [0.717, 1.165) is 0 Å². The van der Waals surface area contributed by atoms with Crippen LogP contribution in [0.15, 0.2) is 0 Å². The fraction of sp³-hybridized carbons (Fsp3) is 0.500. The van der Waals surface area contributed by atoms with Gasteiger partial charge in [0.2, 0.25) is 0 Å². The molecule has 0 rings (SSSR count). The molecule has 0 aliphatic rings. The summed E-state index contributed by atoms with van der Waals surface area (Å²) in [4.78, 5) is 9.81. The van der Waals surface area contributed by atoms with Crippen molar-refractivity contribution in [2.24, 2.45) is 0 Å². The molecule has 2 N–H and O–H groups in total. The SMILES string of the molecule is [CH2-]C(NC)C(=O)O.[U]. The predicted molar refractivity (Wildman–Crippen MR) is 25.8 cm³/mol. The number of carbonyl (C=O) groups is 1. The smallest absolute Gasteiger partial charge is 0.289 e. The maximum Gasteiger partial charge on any atom is 0.289 e. The minimum atomic E-state index is -0.928. The van der Waals surface area contributed by atoms with Crippen molar-refractivity contribution in [1.82, 2.24) is 5.32 Å². The van der Waals surface area contributed by atoms with Crippen molar-refractivity contribution in [3.8, 4) is 0 Å². The third-order valence-electron chi connectivity index (χ3n) is 0.647. The van der Waals surface area contributed by atoms with E-state index in [0.29, 0.717) is 0 Å². The largest absolute Gasteiger partial charge is 0.482 e. The molecule has 0 aromatic heterocycles. The van der Waals surface area contributed by atoms with Gasteiger partial charge in [-0.2, -0.15) is 0 Å². The van der Waals surface area contributed by atoms with Crippen LogP contribution in [0, 0.1) is 38.0 Å². The van der Waals surface area contributed by atoms with Crippen LogP contribution in [0.5, 0.6) is 0 Å². The number of likely N-dealkylation sites (N-methyl/N-ethyl adjacent to an activating group) is 1. The Morgan fingerprint density at radius 3 is 2.25 bits per heavy atom. The quantitative estimate of drug-likeness (QED) is 0.666. The van der Waals surface area contributed by atoms with Crippen molar-refractivity contribution in [2.45, 2.75) is 6.04 Å². The van der Waals surface area contributed by atoms with Gasteiger partial charge in [-0.05, 0) is 13.1 Å². The van der Waals surface area contributed by atoms with E-state index >= 15 is 0 Å². The van der Waals surface area contributed by atoms with Gasteiger partial charge in [-0.1, -0.05) is 0 Å². The summed E-state index contributed by atoms with van der Waals surface area (Å²) in [5, 5.41) is 10.5. The monoisotopic (exact) mass is 340 g/mol. The van der Waals surface area contributed by atoms with Gasteiger partial charge < -0.3 is 17.3 Å². The normalized spacial score (nSPS) is 11.8. The van der Waals surface area contributed by atoms with Crippen LogP contribution in [0.1, 0.15) is 0 Å². The van der Waals surface area contributed by atoms with Crippen molar-refractivity contribution < 1.29 is 41.0 Å². The molecule has 0 saturated heterocycles. The van der Waals surface area contributed by atoms with Crippen molar-refractivity contribution >= 4 is 5.97 Å². The van der Waals surface area contributed by atoms with Crippen molar-refractivity contribution in [2.75, 3.05) is 7.05 Å². The second-order valence-electron chi connectivity index (χ2n) is 1.18. The number of nitrogens with one attached hydrogen (secondary N) is 1. The number of carboxylic acid groups (broad SMARTS) is 1. The summed E-state index contributed by atoms with van der Waals surface area (Å²) in [6.45, 7) is 3.25. The van der Waals surface area contributed by atoms with Gasteiger partial charge in [0, 0.05) is 31.1 Å². The molecule has 0 amide bonds. The van der Waals surface area contributed by atoms with Crippen LogP contribution in [0.2, 0.25) is 0 Å². The predicted octanol–water partition coefficient (Wildman–Crippen LogP) is -0.507. The molecule has 3 nitrogen and oxygen atoms in total. The minimum absolute atomic E-state index is 0. The molecule has 46 valence electrons. The molecule has 1 atom stereocenters. The van der Waals surface area contributed by atoms with Gasteiger partial charge >= 0.3 is 0 Å². The summed E-state index contributed by atoms with van der Waals surface area (Å²) in [5.41, 5.74) is 0.